The normalized spacial score (nSPS) is 12.0. The maximum Gasteiger partial charge on any atom is 0.208 e. The lowest BCUT2D eigenvalue weighted by atomic mass is 9.92. The molecule has 0 aromatic heterocycles. The summed E-state index contributed by atoms with van der Waals surface area (Å²) < 4.78 is 32.4. The third-order valence-corrected chi connectivity index (χ3v) is 15.1. The molecular weight excluding hydrogens is 737 g/mol. The Hall–Kier alpha value is -2.65. The van der Waals surface area contributed by atoms with Crippen LogP contribution in [0, 0.1) is 0 Å². The summed E-state index contributed by atoms with van der Waals surface area (Å²) in [4.78, 5) is 1.25. The fraction of sp³-hybridized carbons (Fsp3) is 0.643. The van der Waals surface area contributed by atoms with Crippen molar-refractivity contribution in [2.45, 2.75) is 243 Å². The van der Waals surface area contributed by atoms with E-state index >= 15 is 8.42 Å². The van der Waals surface area contributed by atoms with Crippen LogP contribution in [0.5, 0.6) is 0 Å². The third-order valence-electron chi connectivity index (χ3n) is 13.1. The standard InChI is InChI=1S/C56H86O2S/c1-5-9-13-17-21-25-29-37-47-45-49-39-33-35-43-53(49)55(51(47)41-31-27-23-19-15-11-7-3)59(57,58)56-52(42-32-28-24-20-16-12-8-4)48(38-30-26-22-18-14-10-6-2)46-50-40-34-36-44-54(50)56/h33-36,39-40,43-46H,5-32,37-38,41-42H2,1-4H3. The zero-order valence-electron chi connectivity index (χ0n) is 38.6. The number of hydrogen-bond acceptors (Lipinski definition) is 2. The van der Waals surface area contributed by atoms with Crippen LogP contribution in [0.25, 0.3) is 21.5 Å². The van der Waals surface area contributed by atoms with Gasteiger partial charge in [0.15, 0.2) is 0 Å². The molecule has 328 valence electrons. The van der Waals surface area contributed by atoms with E-state index in [1.165, 1.54) is 152 Å². The highest BCUT2D eigenvalue weighted by atomic mass is 32.2. The van der Waals surface area contributed by atoms with Crippen LogP contribution in [0.2, 0.25) is 0 Å². The Morgan fingerprint density at radius 2 is 0.610 bits per heavy atom. The number of fused-ring (bicyclic) bond motifs is 2. The first-order chi connectivity index (χ1) is 29.0. The molecule has 0 saturated carbocycles. The molecule has 0 unspecified atom stereocenters. The van der Waals surface area contributed by atoms with Gasteiger partial charge in [-0.1, -0.05) is 242 Å². The minimum atomic E-state index is -3.90. The maximum absolute atomic E-state index is 16.2. The molecule has 0 fully saturated rings. The van der Waals surface area contributed by atoms with Gasteiger partial charge >= 0.3 is 0 Å². The Bertz CT molecular complexity index is 1720. The highest BCUT2D eigenvalue weighted by Gasteiger charge is 2.31. The summed E-state index contributed by atoms with van der Waals surface area (Å²) in [6, 6.07) is 21.6. The SMILES string of the molecule is CCCCCCCCCc1cc2ccccc2c(S(=O)(=O)c2c(CCCCCCCCC)c(CCCCCCCCC)cc3ccccc23)c1CCCCCCCCC. The van der Waals surface area contributed by atoms with Gasteiger partial charge in [0.2, 0.25) is 9.84 Å². The Balaban J connectivity index is 1.82. The second-order valence-corrected chi connectivity index (χ2v) is 19.9. The molecule has 4 aromatic rings. The predicted octanol–water partition coefficient (Wildman–Crippen LogP) is 18.0. The topological polar surface area (TPSA) is 34.1 Å². The molecule has 3 heteroatoms. The van der Waals surface area contributed by atoms with Gasteiger partial charge in [0.25, 0.3) is 0 Å². The average molecular weight is 823 g/mol. The zero-order chi connectivity index (χ0) is 42.0. The molecule has 0 heterocycles. The van der Waals surface area contributed by atoms with Crippen molar-refractivity contribution in [3.8, 4) is 0 Å². The summed E-state index contributed by atoms with van der Waals surface area (Å²) in [5, 5.41) is 3.98. The summed E-state index contributed by atoms with van der Waals surface area (Å²) in [7, 11) is -3.90. The molecule has 0 spiro atoms. The van der Waals surface area contributed by atoms with Gasteiger partial charge in [-0.05, 0) is 84.4 Å². The fourth-order valence-electron chi connectivity index (χ4n) is 9.60. The van der Waals surface area contributed by atoms with Crippen LogP contribution < -0.4 is 0 Å². The molecule has 0 amide bonds. The van der Waals surface area contributed by atoms with Gasteiger partial charge < -0.3 is 0 Å². The summed E-state index contributed by atoms with van der Waals surface area (Å²) in [5.41, 5.74) is 4.79. The largest absolute Gasteiger partial charge is 0.218 e. The van der Waals surface area contributed by atoms with E-state index in [0.29, 0.717) is 9.79 Å². The van der Waals surface area contributed by atoms with E-state index in [0.717, 1.165) is 96.9 Å². The molecule has 0 bridgehead atoms. The molecule has 4 aromatic carbocycles. The van der Waals surface area contributed by atoms with E-state index in [2.05, 4.69) is 88.4 Å². The monoisotopic (exact) mass is 823 g/mol. The average Bonchev–Trinajstić information content (AvgIpc) is 3.24. The van der Waals surface area contributed by atoms with Gasteiger partial charge in [-0.15, -0.1) is 0 Å². The maximum atomic E-state index is 16.2. The van der Waals surface area contributed by atoms with E-state index < -0.39 is 9.84 Å². The van der Waals surface area contributed by atoms with Crippen molar-refractivity contribution < 1.29 is 8.42 Å². The number of benzene rings is 4. The lowest BCUT2D eigenvalue weighted by molar-refractivity contribution is 0.575. The molecule has 0 aliphatic rings. The van der Waals surface area contributed by atoms with Gasteiger partial charge in [-0.2, -0.15) is 0 Å². The minimum absolute atomic E-state index is 0.624. The van der Waals surface area contributed by atoms with Gasteiger partial charge in [-0.25, -0.2) is 8.42 Å². The van der Waals surface area contributed by atoms with Crippen LogP contribution in [0.4, 0.5) is 0 Å². The van der Waals surface area contributed by atoms with Crippen LogP contribution in [-0.4, -0.2) is 8.42 Å². The molecular formula is C56H86O2S. The van der Waals surface area contributed by atoms with Crippen molar-refractivity contribution in [2.75, 3.05) is 0 Å². The quantitative estimate of drug-likeness (QED) is 0.0440. The third kappa shape index (κ3) is 16.0. The van der Waals surface area contributed by atoms with Crippen LogP contribution in [-0.2, 0) is 35.5 Å². The Morgan fingerprint density at radius 1 is 0.339 bits per heavy atom. The van der Waals surface area contributed by atoms with Crippen molar-refractivity contribution in [3.05, 3.63) is 82.9 Å². The summed E-state index contributed by atoms with van der Waals surface area (Å²) in [6.07, 6.45) is 38.4. The first-order valence-corrected chi connectivity index (χ1v) is 26.8. The molecule has 59 heavy (non-hydrogen) atoms. The summed E-state index contributed by atoms with van der Waals surface area (Å²) >= 11 is 0. The molecule has 0 radical (unpaired) electrons. The molecule has 0 N–H and O–H groups in total. The highest BCUT2D eigenvalue weighted by molar-refractivity contribution is 7.92. The van der Waals surface area contributed by atoms with Crippen molar-refractivity contribution in [1.82, 2.24) is 0 Å². The molecule has 0 aliphatic heterocycles. The fourth-order valence-corrected chi connectivity index (χ4v) is 11.9. The van der Waals surface area contributed by atoms with Crippen LogP contribution in [0.3, 0.4) is 0 Å². The summed E-state index contributed by atoms with van der Waals surface area (Å²) in [6.45, 7) is 9.13. The number of unbranched alkanes of at least 4 members (excludes halogenated alkanes) is 24. The van der Waals surface area contributed by atoms with Crippen LogP contribution >= 0.6 is 0 Å². The van der Waals surface area contributed by atoms with Crippen LogP contribution in [0.15, 0.2) is 70.5 Å². The second kappa shape index (κ2) is 28.8. The van der Waals surface area contributed by atoms with Gasteiger partial charge in [0.1, 0.15) is 0 Å². The lowest BCUT2D eigenvalue weighted by Crippen LogP contribution is -2.14. The van der Waals surface area contributed by atoms with E-state index in [9.17, 15) is 0 Å². The molecule has 4 rings (SSSR count). The first kappa shape index (κ1) is 49.0. The van der Waals surface area contributed by atoms with Gasteiger partial charge in [-0.3, -0.25) is 0 Å². The van der Waals surface area contributed by atoms with E-state index in [1.54, 1.807) is 0 Å². The van der Waals surface area contributed by atoms with E-state index in [4.69, 9.17) is 0 Å². The first-order valence-electron chi connectivity index (χ1n) is 25.3. The number of aryl methyl sites for hydroxylation is 2. The van der Waals surface area contributed by atoms with E-state index in [-0.39, 0.29) is 0 Å². The molecule has 0 saturated heterocycles. The smallest absolute Gasteiger partial charge is 0.208 e. The number of sulfone groups is 1. The Labute approximate surface area is 364 Å². The van der Waals surface area contributed by atoms with Crippen molar-refractivity contribution in [2.24, 2.45) is 0 Å². The van der Waals surface area contributed by atoms with Gasteiger partial charge in [0, 0.05) is 10.8 Å². The number of rotatable bonds is 34. The van der Waals surface area contributed by atoms with Crippen molar-refractivity contribution >= 4 is 31.4 Å². The van der Waals surface area contributed by atoms with Crippen LogP contribution in [0.1, 0.15) is 230 Å². The highest BCUT2D eigenvalue weighted by Crippen LogP contribution is 2.41. The molecule has 2 nitrogen and oxygen atoms in total. The molecule has 0 atom stereocenters. The molecule has 0 aliphatic carbocycles. The Kier molecular flexibility index (Phi) is 23.9. The van der Waals surface area contributed by atoms with Crippen molar-refractivity contribution in [3.63, 3.8) is 0 Å². The lowest BCUT2D eigenvalue weighted by Gasteiger charge is -2.23. The minimum Gasteiger partial charge on any atom is -0.218 e. The van der Waals surface area contributed by atoms with Crippen molar-refractivity contribution in [1.29, 1.82) is 0 Å². The second-order valence-electron chi connectivity index (χ2n) is 18.1. The van der Waals surface area contributed by atoms with E-state index in [1.807, 2.05) is 0 Å². The number of hydrogen-bond donors (Lipinski definition) is 0. The predicted molar refractivity (Wildman–Crippen MR) is 260 cm³/mol. The van der Waals surface area contributed by atoms with Gasteiger partial charge in [0.05, 0.1) is 9.79 Å². The zero-order valence-corrected chi connectivity index (χ0v) is 39.4. The Morgan fingerprint density at radius 3 is 0.932 bits per heavy atom. The summed E-state index contributed by atoms with van der Waals surface area (Å²) in [5.74, 6) is 0.